The molecule has 4 nitrogen and oxygen atoms in total. The maximum absolute atomic E-state index is 5.54. The SMILES string of the molecule is CCCCN(CCC[Si](OC)(OC)OC)[Si](C)(C)C(C)(C)C. The Hall–Kier alpha value is 0.274. The summed E-state index contributed by atoms with van der Waals surface area (Å²) < 4.78 is 19.4. The van der Waals surface area contributed by atoms with Crippen LogP contribution >= 0.6 is 0 Å². The molecule has 0 heterocycles. The third kappa shape index (κ3) is 6.05. The molecule has 0 atom stereocenters. The fourth-order valence-corrected chi connectivity index (χ4v) is 6.62. The van der Waals surface area contributed by atoms with Crippen LogP contribution in [0.1, 0.15) is 47.0 Å². The molecule has 0 aliphatic carbocycles. The van der Waals surface area contributed by atoms with Crippen molar-refractivity contribution in [3.8, 4) is 0 Å². The average molecular weight is 350 g/mol. The third-order valence-corrected chi connectivity index (χ3v) is 13.8. The quantitative estimate of drug-likeness (QED) is 0.519. The van der Waals surface area contributed by atoms with Crippen molar-refractivity contribution in [3.05, 3.63) is 0 Å². The van der Waals surface area contributed by atoms with Gasteiger partial charge in [-0.15, -0.1) is 0 Å². The van der Waals surface area contributed by atoms with Crippen LogP contribution in [-0.4, -0.2) is 56.0 Å². The standard InChI is InChI=1S/C16H39NO3Si2/c1-10-11-13-17(21(8,9)16(2,3)4)14-12-15-22(18-5,19-6)20-7/h10-15H2,1-9H3. The van der Waals surface area contributed by atoms with Gasteiger partial charge in [0.15, 0.2) is 0 Å². The van der Waals surface area contributed by atoms with Crippen LogP contribution in [0.3, 0.4) is 0 Å². The Morgan fingerprint density at radius 1 is 0.864 bits per heavy atom. The lowest BCUT2D eigenvalue weighted by atomic mass is 10.2. The zero-order valence-corrected chi connectivity index (χ0v) is 18.4. The molecule has 0 bridgehead atoms. The number of hydrogen-bond acceptors (Lipinski definition) is 4. The van der Waals surface area contributed by atoms with E-state index >= 15 is 0 Å². The van der Waals surface area contributed by atoms with Gasteiger partial charge in [-0.2, -0.15) is 0 Å². The van der Waals surface area contributed by atoms with Gasteiger partial charge in [-0.1, -0.05) is 47.2 Å². The molecule has 0 N–H and O–H groups in total. The van der Waals surface area contributed by atoms with Crippen LogP contribution < -0.4 is 0 Å². The van der Waals surface area contributed by atoms with Gasteiger partial charge in [-0.05, 0) is 31.0 Å². The van der Waals surface area contributed by atoms with Crippen LogP contribution in [0.2, 0.25) is 24.2 Å². The molecule has 0 spiro atoms. The van der Waals surface area contributed by atoms with Gasteiger partial charge in [0.05, 0.1) is 0 Å². The first kappa shape index (κ1) is 22.3. The molecule has 22 heavy (non-hydrogen) atoms. The van der Waals surface area contributed by atoms with Gasteiger partial charge in [-0.25, -0.2) is 0 Å². The number of nitrogens with zero attached hydrogens (tertiary/aromatic N) is 1. The third-order valence-electron chi connectivity index (χ3n) is 5.25. The van der Waals surface area contributed by atoms with E-state index in [1.165, 1.54) is 19.4 Å². The highest BCUT2D eigenvalue weighted by atomic mass is 28.4. The summed E-state index contributed by atoms with van der Waals surface area (Å²) >= 11 is 0. The summed E-state index contributed by atoms with van der Waals surface area (Å²) in [5.74, 6) is 0. The second-order valence-electron chi connectivity index (χ2n) is 7.55. The van der Waals surface area contributed by atoms with Gasteiger partial charge >= 0.3 is 8.80 Å². The van der Waals surface area contributed by atoms with E-state index in [1.807, 2.05) is 0 Å². The molecule has 6 heteroatoms. The summed E-state index contributed by atoms with van der Waals surface area (Å²) in [5, 5.41) is 0.374. The van der Waals surface area contributed by atoms with E-state index in [1.54, 1.807) is 21.3 Å². The normalized spacial score (nSPS) is 13.9. The molecule has 0 amide bonds. The zero-order chi connectivity index (χ0) is 17.4. The number of rotatable bonds is 11. The molecule has 134 valence electrons. The Balaban J connectivity index is 4.81. The van der Waals surface area contributed by atoms with Crippen molar-refractivity contribution in [2.75, 3.05) is 34.4 Å². The fourth-order valence-electron chi connectivity index (χ4n) is 2.54. The lowest BCUT2D eigenvalue weighted by Crippen LogP contribution is -2.56. The largest absolute Gasteiger partial charge is 0.500 e. The maximum Gasteiger partial charge on any atom is 0.500 e. The minimum atomic E-state index is -2.43. The van der Waals surface area contributed by atoms with Crippen LogP contribution in [0.25, 0.3) is 0 Å². The van der Waals surface area contributed by atoms with Gasteiger partial charge in [0.2, 0.25) is 0 Å². The van der Waals surface area contributed by atoms with Gasteiger partial charge in [0.1, 0.15) is 8.24 Å². The van der Waals surface area contributed by atoms with Gasteiger partial charge in [0, 0.05) is 27.4 Å². The summed E-state index contributed by atoms with van der Waals surface area (Å²) in [5.41, 5.74) is 0. The molecule has 0 aromatic heterocycles. The predicted octanol–water partition coefficient (Wildman–Crippen LogP) is 4.36. The first-order chi connectivity index (χ1) is 10.1. The Bertz CT molecular complexity index is 294. The van der Waals surface area contributed by atoms with Gasteiger partial charge in [0.25, 0.3) is 0 Å². The molecular formula is C16H39NO3Si2. The fraction of sp³-hybridized carbons (Fsp3) is 1.00. The topological polar surface area (TPSA) is 30.9 Å². The van der Waals surface area contributed by atoms with Crippen molar-refractivity contribution >= 4 is 17.0 Å². The maximum atomic E-state index is 5.54. The molecule has 0 saturated carbocycles. The number of hydrogen-bond donors (Lipinski definition) is 0. The van der Waals surface area contributed by atoms with Crippen LogP contribution in [0.15, 0.2) is 0 Å². The molecule has 0 rings (SSSR count). The summed E-state index contributed by atoms with van der Waals surface area (Å²) in [6.45, 7) is 16.7. The highest BCUT2D eigenvalue weighted by Crippen LogP contribution is 2.38. The summed E-state index contributed by atoms with van der Waals surface area (Å²) in [6.07, 6.45) is 3.59. The van der Waals surface area contributed by atoms with Gasteiger partial charge < -0.3 is 17.8 Å². The monoisotopic (exact) mass is 349 g/mol. The molecule has 0 fully saturated rings. The molecule has 0 aromatic carbocycles. The second-order valence-corrected chi connectivity index (χ2v) is 15.9. The van der Waals surface area contributed by atoms with Crippen molar-refractivity contribution in [3.63, 3.8) is 0 Å². The second kappa shape index (κ2) is 9.54. The molecule has 0 saturated heterocycles. The first-order valence-electron chi connectivity index (χ1n) is 8.50. The zero-order valence-electron chi connectivity index (χ0n) is 16.4. The summed E-state index contributed by atoms with van der Waals surface area (Å²) in [4.78, 5) is 0. The molecule has 0 radical (unpaired) electrons. The Morgan fingerprint density at radius 3 is 1.68 bits per heavy atom. The van der Waals surface area contributed by atoms with E-state index in [4.69, 9.17) is 13.3 Å². The number of unbranched alkanes of at least 4 members (excludes halogenated alkanes) is 1. The molecule has 0 aromatic rings. The van der Waals surface area contributed by atoms with E-state index in [-0.39, 0.29) is 0 Å². The highest BCUT2D eigenvalue weighted by molar-refractivity contribution is 6.77. The first-order valence-corrected chi connectivity index (χ1v) is 13.4. The van der Waals surface area contributed by atoms with Crippen molar-refractivity contribution in [1.29, 1.82) is 0 Å². The minimum Gasteiger partial charge on any atom is -0.377 e. The summed E-state index contributed by atoms with van der Waals surface area (Å²) in [6, 6.07) is 0.883. The molecule has 0 aliphatic heterocycles. The molecule has 0 aliphatic rings. The summed E-state index contributed by atoms with van der Waals surface area (Å²) in [7, 11) is 1.19. The average Bonchev–Trinajstić information content (AvgIpc) is 2.46. The van der Waals surface area contributed by atoms with Crippen LogP contribution in [0.4, 0.5) is 0 Å². The Morgan fingerprint density at radius 2 is 1.32 bits per heavy atom. The van der Waals surface area contributed by atoms with Crippen LogP contribution in [0.5, 0.6) is 0 Å². The van der Waals surface area contributed by atoms with E-state index in [0.29, 0.717) is 5.04 Å². The molecule has 0 unspecified atom stereocenters. The van der Waals surface area contributed by atoms with Crippen molar-refractivity contribution in [2.45, 2.75) is 71.1 Å². The lowest BCUT2D eigenvalue weighted by Gasteiger charge is -2.46. The van der Waals surface area contributed by atoms with Crippen molar-refractivity contribution in [1.82, 2.24) is 4.57 Å². The smallest absolute Gasteiger partial charge is 0.377 e. The Kier molecular flexibility index (Phi) is 9.66. The van der Waals surface area contributed by atoms with E-state index in [9.17, 15) is 0 Å². The lowest BCUT2D eigenvalue weighted by molar-refractivity contribution is 0.122. The van der Waals surface area contributed by atoms with Crippen molar-refractivity contribution < 1.29 is 13.3 Å². The van der Waals surface area contributed by atoms with Crippen LogP contribution in [-0.2, 0) is 13.3 Å². The predicted molar refractivity (Wildman–Crippen MR) is 99.9 cm³/mol. The Labute approximate surface area is 141 Å². The molecular weight excluding hydrogens is 310 g/mol. The minimum absolute atomic E-state index is 0.374. The van der Waals surface area contributed by atoms with E-state index in [2.05, 4.69) is 45.4 Å². The highest BCUT2D eigenvalue weighted by Gasteiger charge is 2.42. The van der Waals surface area contributed by atoms with Gasteiger partial charge in [-0.3, -0.25) is 0 Å². The van der Waals surface area contributed by atoms with E-state index in [0.717, 1.165) is 19.0 Å². The van der Waals surface area contributed by atoms with Crippen molar-refractivity contribution in [2.24, 2.45) is 0 Å². The van der Waals surface area contributed by atoms with Crippen LogP contribution in [0, 0.1) is 0 Å². The van der Waals surface area contributed by atoms with E-state index < -0.39 is 17.0 Å².